The van der Waals surface area contributed by atoms with Gasteiger partial charge in [0.1, 0.15) is 6.33 Å². The maximum absolute atomic E-state index is 12.6. The Labute approximate surface area is 172 Å². The fourth-order valence-corrected chi connectivity index (χ4v) is 5.66. The Hall–Kier alpha value is -2.79. The van der Waals surface area contributed by atoms with Crippen molar-refractivity contribution in [3.8, 4) is 0 Å². The standard InChI is InChI=1S/C18H20N6O3S2/c25-18(11-17(14-7-9-28-12-14)23-13-19-21-22-23)20-15-3-5-16(6-4-15)24-8-1-2-10-29(24,26)27/h3-7,9,12-13,17H,1-2,8,10-11H2,(H,20,25)/t17-/m1/s1. The normalized spacial score (nSPS) is 17.0. The van der Waals surface area contributed by atoms with Crippen molar-refractivity contribution in [3.05, 3.63) is 53.0 Å². The molecule has 0 radical (unpaired) electrons. The van der Waals surface area contributed by atoms with E-state index >= 15 is 0 Å². The predicted molar refractivity (Wildman–Crippen MR) is 110 cm³/mol. The van der Waals surface area contributed by atoms with Crippen LogP contribution < -0.4 is 9.62 Å². The van der Waals surface area contributed by atoms with E-state index in [2.05, 4.69) is 20.8 Å². The first-order valence-corrected chi connectivity index (χ1v) is 11.7. The van der Waals surface area contributed by atoms with Crippen LogP contribution in [-0.4, -0.2) is 46.8 Å². The minimum Gasteiger partial charge on any atom is -0.326 e. The summed E-state index contributed by atoms with van der Waals surface area (Å²) in [5.74, 6) is -0.0119. The molecule has 4 rings (SSSR count). The first-order valence-electron chi connectivity index (χ1n) is 9.18. The molecule has 0 bridgehead atoms. The zero-order valence-electron chi connectivity index (χ0n) is 15.5. The highest BCUT2D eigenvalue weighted by Gasteiger charge is 2.26. The molecular weight excluding hydrogens is 412 g/mol. The van der Waals surface area contributed by atoms with Crippen molar-refractivity contribution >= 4 is 38.6 Å². The minimum atomic E-state index is -3.25. The lowest BCUT2D eigenvalue weighted by molar-refractivity contribution is -0.116. The quantitative estimate of drug-likeness (QED) is 0.640. The summed E-state index contributed by atoms with van der Waals surface area (Å²) >= 11 is 1.54. The average molecular weight is 433 g/mol. The van der Waals surface area contributed by atoms with Gasteiger partial charge in [-0.25, -0.2) is 13.1 Å². The van der Waals surface area contributed by atoms with E-state index in [9.17, 15) is 13.2 Å². The molecule has 1 fully saturated rings. The summed E-state index contributed by atoms with van der Waals surface area (Å²) in [5, 5.41) is 18.0. The molecule has 2 aromatic heterocycles. The molecule has 1 amide bonds. The van der Waals surface area contributed by atoms with Crippen LogP contribution in [0.1, 0.15) is 30.9 Å². The first kappa shape index (κ1) is 19.5. The van der Waals surface area contributed by atoms with Crippen molar-refractivity contribution in [3.63, 3.8) is 0 Å². The van der Waals surface area contributed by atoms with E-state index < -0.39 is 10.0 Å². The van der Waals surface area contributed by atoms with Gasteiger partial charge in [0.25, 0.3) is 0 Å². The molecular formula is C18H20N6O3S2. The molecule has 3 heterocycles. The Balaban J connectivity index is 1.44. The minimum absolute atomic E-state index is 0.171. The number of hydrogen-bond donors (Lipinski definition) is 1. The van der Waals surface area contributed by atoms with Crippen LogP contribution in [0, 0.1) is 0 Å². The maximum Gasteiger partial charge on any atom is 0.235 e. The monoisotopic (exact) mass is 432 g/mol. The SMILES string of the molecule is O=C(C[C@H](c1ccsc1)n1cnnn1)Nc1ccc(N2CCCCS2(=O)=O)cc1. The number of benzene rings is 1. The maximum atomic E-state index is 12.6. The molecule has 0 aliphatic carbocycles. The van der Waals surface area contributed by atoms with Crippen LogP contribution in [0.5, 0.6) is 0 Å². The van der Waals surface area contributed by atoms with Crippen molar-refractivity contribution in [2.24, 2.45) is 0 Å². The Morgan fingerprint density at radius 3 is 2.69 bits per heavy atom. The molecule has 0 spiro atoms. The third kappa shape index (κ3) is 4.46. The summed E-state index contributed by atoms with van der Waals surface area (Å²) < 4.78 is 27.5. The first-order chi connectivity index (χ1) is 14.0. The van der Waals surface area contributed by atoms with Crippen LogP contribution >= 0.6 is 11.3 Å². The number of nitrogens with zero attached hydrogens (tertiary/aromatic N) is 5. The van der Waals surface area contributed by atoms with Gasteiger partial charge in [-0.3, -0.25) is 9.10 Å². The highest BCUT2D eigenvalue weighted by Crippen LogP contribution is 2.26. The summed E-state index contributed by atoms with van der Waals surface area (Å²) in [7, 11) is -3.25. The van der Waals surface area contributed by atoms with Gasteiger partial charge in [0.05, 0.1) is 23.9 Å². The number of anilines is 2. The zero-order valence-corrected chi connectivity index (χ0v) is 17.1. The lowest BCUT2D eigenvalue weighted by Gasteiger charge is -2.28. The predicted octanol–water partition coefficient (Wildman–Crippen LogP) is 2.28. The molecule has 1 N–H and O–H groups in total. The molecule has 1 aromatic carbocycles. The summed E-state index contributed by atoms with van der Waals surface area (Å²) in [6, 6.07) is 8.51. The number of carbonyl (C=O) groups excluding carboxylic acids is 1. The number of rotatable bonds is 6. The van der Waals surface area contributed by atoms with Crippen LogP contribution in [0.15, 0.2) is 47.4 Å². The number of tetrazole rings is 1. The van der Waals surface area contributed by atoms with E-state index in [-0.39, 0.29) is 24.1 Å². The van der Waals surface area contributed by atoms with Crippen LogP contribution in [0.25, 0.3) is 0 Å². The fourth-order valence-electron chi connectivity index (χ4n) is 3.32. The highest BCUT2D eigenvalue weighted by molar-refractivity contribution is 7.92. The van der Waals surface area contributed by atoms with Crippen LogP contribution in [-0.2, 0) is 14.8 Å². The topological polar surface area (TPSA) is 110 Å². The van der Waals surface area contributed by atoms with Crippen molar-refractivity contribution in [2.75, 3.05) is 21.9 Å². The highest BCUT2D eigenvalue weighted by atomic mass is 32.2. The molecule has 0 saturated carbocycles. The molecule has 29 heavy (non-hydrogen) atoms. The smallest absolute Gasteiger partial charge is 0.235 e. The molecule has 1 saturated heterocycles. The van der Waals surface area contributed by atoms with Gasteiger partial charge in [-0.15, -0.1) is 5.10 Å². The number of amides is 1. The second kappa shape index (κ2) is 8.29. The van der Waals surface area contributed by atoms with Crippen molar-refractivity contribution < 1.29 is 13.2 Å². The van der Waals surface area contributed by atoms with Gasteiger partial charge in [-0.2, -0.15) is 11.3 Å². The third-order valence-corrected chi connectivity index (χ3v) is 7.35. The molecule has 1 aliphatic rings. The van der Waals surface area contributed by atoms with E-state index in [1.54, 1.807) is 40.3 Å². The van der Waals surface area contributed by atoms with E-state index in [0.29, 0.717) is 24.3 Å². The van der Waals surface area contributed by atoms with Crippen molar-refractivity contribution in [1.29, 1.82) is 0 Å². The average Bonchev–Trinajstić information content (AvgIpc) is 3.41. The summed E-state index contributed by atoms with van der Waals surface area (Å²) in [5.41, 5.74) is 2.18. The molecule has 1 aliphatic heterocycles. The van der Waals surface area contributed by atoms with Gasteiger partial charge in [-0.1, -0.05) is 0 Å². The lowest BCUT2D eigenvalue weighted by atomic mass is 10.1. The third-order valence-electron chi connectivity index (χ3n) is 4.78. The number of nitrogens with one attached hydrogen (secondary N) is 1. The fraction of sp³-hybridized carbons (Fsp3) is 0.333. The molecule has 11 heteroatoms. The Kier molecular flexibility index (Phi) is 5.58. The number of aromatic nitrogens is 4. The Morgan fingerprint density at radius 1 is 1.21 bits per heavy atom. The summed E-state index contributed by atoms with van der Waals surface area (Å²) in [4.78, 5) is 12.6. The van der Waals surface area contributed by atoms with Gasteiger partial charge >= 0.3 is 0 Å². The molecule has 152 valence electrons. The van der Waals surface area contributed by atoms with Gasteiger partial charge in [-0.05, 0) is 69.9 Å². The van der Waals surface area contributed by atoms with E-state index in [0.717, 1.165) is 12.0 Å². The number of carbonyl (C=O) groups is 1. The van der Waals surface area contributed by atoms with Crippen LogP contribution in [0.2, 0.25) is 0 Å². The number of sulfonamides is 1. The summed E-state index contributed by atoms with van der Waals surface area (Å²) in [6.07, 6.45) is 3.20. The Bertz CT molecular complexity index is 1020. The van der Waals surface area contributed by atoms with Gasteiger partial charge in [0.2, 0.25) is 15.9 Å². The van der Waals surface area contributed by atoms with E-state index in [4.69, 9.17) is 0 Å². The molecule has 9 nitrogen and oxygen atoms in total. The Morgan fingerprint density at radius 2 is 2.03 bits per heavy atom. The van der Waals surface area contributed by atoms with E-state index in [1.807, 2.05) is 16.8 Å². The second-order valence-electron chi connectivity index (χ2n) is 6.76. The second-order valence-corrected chi connectivity index (χ2v) is 9.55. The molecule has 1 atom stereocenters. The molecule has 0 unspecified atom stereocenters. The van der Waals surface area contributed by atoms with Crippen molar-refractivity contribution in [1.82, 2.24) is 20.2 Å². The van der Waals surface area contributed by atoms with E-state index in [1.165, 1.54) is 10.6 Å². The lowest BCUT2D eigenvalue weighted by Crippen LogP contribution is -2.37. The number of thiophene rings is 1. The molecule has 3 aromatic rings. The summed E-state index contributed by atoms with van der Waals surface area (Å²) in [6.45, 7) is 0.488. The van der Waals surface area contributed by atoms with Crippen LogP contribution in [0.3, 0.4) is 0 Å². The van der Waals surface area contributed by atoms with Gasteiger partial charge in [0, 0.05) is 12.2 Å². The zero-order chi connectivity index (χ0) is 20.3. The van der Waals surface area contributed by atoms with Gasteiger partial charge < -0.3 is 5.32 Å². The number of hydrogen-bond acceptors (Lipinski definition) is 7. The van der Waals surface area contributed by atoms with Gasteiger partial charge in [0.15, 0.2) is 0 Å². The van der Waals surface area contributed by atoms with Crippen LogP contribution in [0.4, 0.5) is 11.4 Å². The van der Waals surface area contributed by atoms with Crippen molar-refractivity contribution in [2.45, 2.75) is 25.3 Å². The largest absolute Gasteiger partial charge is 0.326 e.